The summed E-state index contributed by atoms with van der Waals surface area (Å²) in [5.74, 6) is 0.984. The molecule has 0 bridgehead atoms. The first-order chi connectivity index (χ1) is 12.9. The minimum Gasteiger partial charge on any atom is -0.491 e. The topological polar surface area (TPSA) is 21.8 Å². The summed E-state index contributed by atoms with van der Waals surface area (Å²) in [5.41, 5.74) is 1.39. The summed E-state index contributed by atoms with van der Waals surface area (Å²) >= 11 is 0. The van der Waals surface area contributed by atoms with Gasteiger partial charge in [-0.25, -0.2) is 0 Å². The van der Waals surface area contributed by atoms with Crippen LogP contribution in [0.4, 0.5) is 0 Å². The van der Waals surface area contributed by atoms with E-state index in [2.05, 4.69) is 37.3 Å². The smallest absolute Gasteiger partial charge is 0.119 e. The summed E-state index contributed by atoms with van der Waals surface area (Å²) in [7, 11) is 0. The number of aryl methyl sites for hydroxylation is 1. The van der Waals surface area contributed by atoms with E-state index in [-0.39, 0.29) is 0 Å². The van der Waals surface area contributed by atoms with Crippen molar-refractivity contribution < 1.29 is 9.47 Å². The van der Waals surface area contributed by atoms with Gasteiger partial charge in [-0.1, -0.05) is 69.7 Å². The first-order valence-corrected chi connectivity index (χ1v) is 10.9. The number of hydrogen-bond acceptors (Lipinski definition) is 2. The van der Waals surface area contributed by atoms with Gasteiger partial charge in [0.2, 0.25) is 0 Å². The highest BCUT2D eigenvalue weighted by atomic mass is 16.6. The van der Waals surface area contributed by atoms with E-state index in [1.54, 1.807) is 0 Å². The molecular weight excluding hydrogens is 320 g/mol. The summed E-state index contributed by atoms with van der Waals surface area (Å²) in [6.07, 6.45) is 21.0. The van der Waals surface area contributed by atoms with Crippen LogP contribution in [0.2, 0.25) is 0 Å². The Kier molecular flexibility index (Phi) is 11.2. The zero-order valence-electron chi connectivity index (χ0n) is 16.8. The fraction of sp³-hybridized carbons (Fsp3) is 0.667. The van der Waals surface area contributed by atoms with Crippen molar-refractivity contribution in [2.75, 3.05) is 13.2 Å². The normalized spacial score (nSPS) is 16.3. The lowest BCUT2D eigenvalue weighted by Crippen LogP contribution is -2.04. The fourth-order valence-corrected chi connectivity index (χ4v) is 3.19. The molecule has 1 unspecified atom stereocenters. The average molecular weight is 359 g/mol. The second-order valence-electron chi connectivity index (χ2n) is 7.54. The van der Waals surface area contributed by atoms with Crippen molar-refractivity contribution in [2.24, 2.45) is 0 Å². The SMILES string of the molecule is CCCCCCC/C=C/CCCCCCc1cccc(OCC2CO2)c1. The van der Waals surface area contributed by atoms with Crippen LogP contribution in [-0.4, -0.2) is 19.3 Å². The Morgan fingerprint density at radius 1 is 0.962 bits per heavy atom. The lowest BCUT2D eigenvalue weighted by atomic mass is 10.0. The number of hydrogen-bond donors (Lipinski definition) is 0. The van der Waals surface area contributed by atoms with Gasteiger partial charge in [0.05, 0.1) is 6.61 Å². The predicted octanol–water partition coefficient (Wildman–Crippen LogP) is 6.87. The van der Waals surface area contributed by atoms with Gasteiger partial charge >= 0.3 is 0 Å². The molecule has 0 aliphatic carbocycles. The molecule has 1 aromatic carbocycles. The van der Waals surface area contributed by atoms with E-state index in [1.807, 2.05) is 6.07 Å². The van der Waals surface area contributed by atoms with Crippen LogP contribution in [0.3, 0.4) is 0 Å². The van der Waals surface area contributed by atoms with E-state index in [9.17, 15) is 0 Å². The maximum Gasteiger partial charge on any atom is 0.119 e. The van der Waals surface area contributed by atoms with E-state index in [4.69, 9.17) is 9.47 Å². The van der Waals surface area contributed by atoms with Crippen LogP contribution in [0.15, 0.2) is 36.4 Å². The molecule has 2 heteroatoms. The van der Waals surface area contributed by atoms with Gasteiger partial charge in [0.25, 0.3) is 0 Å². The summed E-state index contributed by atoms with van der Waals surface area (Å²) in [4.78, 5) is 0. The van der Waals surface area contributed by atoms with Gasteiger partial charge in [-0.3, -0.25) is 0 Å². The fourth-order valence-electron chi connectivity index (χ4n) is 3.19. The van der Waals surface area contributed by atoms with Crippen LogP contribution in [0.1, 0.15) is 83.1 Å². The molecule has 0 radical (unpaired) electrons. The second kappa shape index (κ2) is 13.9. The van der Waals surface area contributed by atoms with Gasteiger partial charge in [0, 0.05) is 0 Å². The van der Waals surface area contributed by atoms with Gasteiger partial charge in [0.1, 0.15) is 18.5 Å². The third-order valence-electron chi connectivity index (χ3n) is 4.96. The zero-order chi connectivity index (χ0) is 18.3. The molecule has 1 aliphatic rings. The molecule has 1 aromatic rings. The largest absolute Gasteiger partial charge is 0.491 e. The molecule has 1 saturated heterocycles. The second-order valence-corrected chi connectivity index (χ2v) is 7.54. The van der Waals surface area contributed by atoms with E-state index in [0.717, 1.165) is 18.8 Å². The van der Waals surface area contributed by atoms with Crippen molar-refractivity contribution >= 4 is 0 Å². The highest BCUT2D eigenvalue weighted by Crippen LogP contribution is 2.18. The minimum atomic E-state index is 0.328. The number of epoxide rings is 1. The van der Waals surface area contributed by atoms with Crippen LogP contribution in [0.5, 0.6) is 5.75 Å². The Morgan fingerprint density at radius 3 is 2.35 bits per heavy atom. The Bertz CT molecular complexity index is 491. The van der Waals surface area contributed by atoms with E-state index in [0.29, 0.717) is 12.7 Å². The molecule has 1 fully saturated rings. The van der Waals surface area contributed by atoms with E-state index < -0.39 is 0 Å². The summed E-state index contributed by atoms with van der Waals surface area (Å²) in [6, 6.07) is 8.54. The van der Waals surface area contributed by atoms with Crippen molar-refractivity contribution in [3.63, 3.8) is 0 Å². The number of unbranched alkanes of at least 4 members (excludes halogenated alkanes) is 9. The Balaban J connectivity index is 1.42. The standard InChI is InChI=1S/C24H38O2/c1-2-3-4-5-6-7-8-9-10-11-12-13-14-16-22-17-15-18-23(19-22)25-20-24-21-26-24/h8-9,15,17-19,24H,2-7,10-14,16,20-21H2,1H3/b9-8+. The van der Waals surface area contributed by atoms with Gasteiger partial charge in [-0.15, -0.1) is 0 Å². The summed E-state index contributed by atoms with van der Waals surface area (Å²) in [5, 5.41) is 0. The van der Waals surface area contributed by atoms with Crippen molar-refractivity contribution in [3.8, 4) is 5.75 Å². The molecule has 1 heterocycles. The maximum absolute atomic E-state index is 5.76. The quantitative estimate of drug-likeness (QED) is 0.183. The highest BCUT2D eigenvalue weighted by molar-refractivity contribution is 5.28. The molecule has 146 valence electrons. The summed E-state index contributed by atoms with van der Waals surface area (Å²) < 4.78 is 10.9. The van der Waals surface area contributed by atoms with Crippen molar-refractivity contribution in [3.05, 3.63) is 42.0 Å². The predicted molar refractivity (Wildman–Crippen MR) is 111 cm³/mol. The average Bonchev–Trinajstić information content (AvgIpc) is 3.49. The summed E-state index contributed by atoms with van der Waals surface area (Å²) in [6.45, 7) is 3.82. The first kappa shape index (κ1) is 21.0. The lowest BCUT2D eigenvalue weighted by Gasteiger charge is -2.07. The molecule has 0 aromatic heterocycles. The Morgan fingerprint density at radius 2 is 1.65 bits per heavy atom. The molecule has 2 nitrogen and oxygen atoms in total. The third-order valence-corrected chi connectivity index (χ3v) is 4.96. The molecule has 26 heavy (non-hydrogen) atoms. The van der Waals surface area contributed by atoms with Gasteiger partial charge < -0.3 is 9.47 Å². The maximum atomic E-state index is 5.76. The molecule has 1 aliphatic heterocycles. The van der Waals surface area contributed by atoms with E-state index in [1.165, 1.54) is 76.2 Å². The van der Waals surface area contributed by atoms with Crippen molar-refractivity contribution in [2.45, 2.75) is 90.1 Å². The highest BCUT2D eigenvalue weighted by Gasteiger charge is 2.22. The lowest BCUT2D eigenvalue weighted by molar-refractivity contribution is 0.263. The Hall–Kier alpha value is -1.28. The van der Waals surface area contributed by atoms with Gasteiger partial charge in [0.15, 0.2) is 0 Å². The van der Waals surface area contributed by atoms with Crippen LogP contribution < -0.4 is 4.74 Å². The number of rotatable bonds is 16. The number of benzene rings is 1. The van der Waals surface area contributed by atoms with Crippen LogP contribution in [-0.2, 0) is 11.2 Å². The van der Waals surface area contributed by atoms with Crippen LogP contribution in [0, 0.1) is 0 Å². The molecule has 0 amide bonds. The number of ether oxygens (including phenoxy) is 2. The third kappa shape index (κ3) is 10.7. The number of allylic oxidation sites excluding steroid dienone is 2. The molecule has 0 saturated carbocycles. The Labute approximate surface area is 161 Å². The van der Waals surface area contributed by atoms with Gasteiger partial charge in [-0.2, -0.15) is 0 Å². The molecule has 2 rings (SSSR count). The minimum absolute atomic E-state index is 0.328. The van der Waals surface area contributed by atoms with Crippen molar-refractivity contribution in [1.82, 2.24) is 0 Å². The van der Waals surface area contributed by atoms with Crippen LogP contribution >= 0.6 is 0 Å². The zero-order valence-corrected chi connectivity index (χ0v) is 16.8. The molecular formula is C24H38O2. The molecule has 1 atom stereocenters. The van der Waals surface area contributed by atoms with Crippen molar-refractivity contribution in [1.29, 1.82) is 0 Å². The molecule has 0 spiro atoms. The van der Waals surface area contributed by atoms with Crippen LogP contribution in [0.25, 0.3) is 0 Å². The van der Waals surface area contributed by atoms with E-state index >= 15 is 0 Å². The first-order valence-electron chi connectivity index (χ1n) is 10.9. The molecule has 0 N–H and O–H groups in total. The van der Waals surface area contributed by atoms with Gasteiger partial charge in [-0.05, 0) is 56.2 Å². The monoisotopic (exact) mass is 358 g/mol.